The Bertz CT molecular complexity index is 868. The molecule has 1 aromatic carbocycles. The van der Waals surface area contributed by atoms with Gasteiger partial charge in [0.25, 0.3) is 0 Å². The fraction of sp³-hybridized carbons (Fsp3) is 0.250. The van der Waals surface area contributed by atoms with E-state index in [4.69, 9.17) is 9.15 Å². The number of methoxy groups -OCH3 is 1. The molecule has 0 radical (unpaired) electrons. The highest BCUT2D eigenvalue weighted by atomic mass is 32.1. The number of benzene rings is 1. The minimum absolute atomic E-state index is 0.173. The van der Waals surface area contributed by atoms with Gasteiger partial charge in [-0.05, 0) is 35.1 Å². The van der Waals surface area contributed by atoms with Crippen molar-refractivity contribution in [3.05, 3.63) is 81.4 Å². The van der Waals surface area contributed by atoms with Crippen molar-refractivity contribution in [1.82, 2.24) is 4.90 Å². The summed E-state index contributed by atoms with van der Waals surface area (Å²) in [6.45, 7) is 1.50. The number of furan rings is 1. The number of thiophene rings is 1. The molecule has 4 rings (SSSR count). The van der Waals surface area contributed by atoms with Crippen LogP contribution in [0.4, 0.5) is 0 Å². The van der Waals surface area contributed by atoms with Gasteiger partial charge in [-0.2, -0.15) is 0 Å². The third-order valence-corrected chi connectivity index (χ3v) is 5.67. The highest BCUT2D eigenvalue weighted by Gasteiger charge is 2.31. The largest absolute Gasteiger partial charge is 0.467 e. The van der Waals surface area contributed by atoms with Gasteiger partial charge in [0, 0.05) is 11.4 Å². The number of hydrogen-bond donors (Lipinski definition) is 0. The Hall–Kier alpha value is -2.37. The average molecular weight is 353 g/mol. The van der Waals surface area contributed by atoms with Crippen molar-refractivity contribution < 1.29 is 13.9 Å². The second-order valence-corrected chi connectivity index (χ2v) is 7.08. The van der Waals surface area contributed by atoms with Crippen LogP contribution in [0.3, 0.4) is 0 Å². The maximum absolute atomic E-state index is 11.9. The van der Waals surface area contributed by atoms with Crippen LogP contribution in [0.25, 0.3) is 0 Å². The Morgan fingerprint density at radius 1 is 1.28 bits per heavy atom. The van der Waals surface area contributed by atoms with Crippen LogP contribution < -0.4 is 0 Å². The van der Waals surface area contributed by atoms with Gasteiger partial charge in [0.2, 0.25) is 0 Å². The zero-order valence-corrected chi connectivity index (χ0v) is 14.8. The molecule has 1 atom stereocenters. The number of fused-ring (bicyclic) bond motifs is 1. The Labute approximate surface area is 150 Å². The monoisotopic (exact) mass is 353 g/mol. The van der Waals surface area contributed by atoms with Crippen molar-refractivity contribution in [1.29, 1.82) is 0 Å². The number of carbonyl (C=O) groups is 1. The van der Waals surface area contributed by atoms with Crippen LogP contribution in [-0.4, -0.2) is 24.5 Å². The second-order valence-electron chi connectivity index (χ2n) is 6.08. The molecule has 25 heavy (non-hydrogen) atoms. The molecule has 0 bridgehead atoms. The maximum Gasteiger partial charge on any atom is 0.341 e. The van der Waals surface area contributed by atoms with E-state index in [0.29, 0.717) is 17.9 Å². The second kappa shape index (κ2) is 6.86. The summed E-state index contributed by atoms with van der Waals surface area (Å²) in [5.41, 5.74) is 3.12. The van der Waals surface area contributed by atoms with Crippen LogP contribution in [0.2, 0.25) is 0 Å². The molecule has 5 heteroatoms. The minimum atomic E-state index is -0.353. The predicted molar refractivity (Wildman–Crippen MR) is 96.8 cm³/mol. The molecule has 0 saturated carbocycles. The quantitative estimate of drug-likeness (QED) is 0.657. The maximum atomic E-state index is 11.9. The molecule has 3 aromatic rings. The van der Waals surface area contributed by atoms with Crippen LogP contribution in [-0.2, 0) is 17.7 Å². The lowest BCUT2D eigenvalue weighted by molar-refractivity contribution is 0.0595. The van der Waals surface area contributed by atoms with E-state index in [-0.39, 0.29) is 12.0 Å². The van der Waals surface area contributed by atoms with Crippen LogP contribution >= 0.6 is 11.3 Å². The SMILES string of the molecule is COC(=O)c1ccoc1CN1CCc2sccc2C1c1ccccc1. The number of ether oxygens (including phenoxy) is 1. The third kappa shape index (κ3) is 3.01. The van der Waals surface area contributed by atoms with E-state index in [1.807, 2.05) is 17.4 Å². The fourth-order valence-corrected chi connectivity index (χ4v) is 4.41. The Morgan fingerprint density at radius 3 is 2.92 bits per heavy atom. The first-order valence-corrected chi connectivity index (χ1v) is 9.16. The van der Waals surface area contributed by atoms with E-state index >= 15 is 0 Å². The zero-order chi connectivity index (χ0) is 17.2. The molecule has 4 nitrogen and oxygen atoms in total. The van der Waals surface area contributed by atoms with Crippen LogP contribution in [0.15, 0.2) is 58.5 Å². The molecule has 2 aromatic heterocycles. The summed E-state index contributed by atoms with van der Waals surface area (Å²) in [7, 11) is 1.39. The molecule has 0 saturated heterocycles. The van der Waals surface area contributed by atoms with Crippen molar-refractivity contribution in [2.45, 2.75) is 19.0 Å². The van der Waals surface area contributed by atoms with Crippen LogP contribution in [0.1, 0.15) is 38.2 Å². The van der Waals surface area contributed by atoms with Crippen molar-refractivity contribution in [2.24, 2.45) is 0 Å². The Morgan fingerprint density at radius 2 is 2.12 bits per heavy atom. The molecule has 3 heterocycles. The summed E-state index contributed by atoms with van der Waals surface area (Å²) in [6.07, 6.45) is 2.57. The normalized spacial score (nSPS) is 17.2. The van der Waals surface area contributed by atoms with Crippen LogP contribution in [0.5, 0.6) is 0 Å². The highest BCUT2D eigenvalue weighted by Crippen LogP contribution is 2.38. The summed E-state index contributed by atoms with van der Waals surface area (Å²) in [5, 5.41) is 2.16. The third-order valence-electron chi connectivity index (χ3n) is 4.68. The number of rotatable bonds is 4. The molecule has 1 aliphatic rings. The van der Waals surface area contributed by atoms with Gasteiger partial charge in [-0.3, -0.25) is 4.90 Å². The standard InChI is InChI=1S/C20H19NO3S/c1-23-20(22)15-8-11-24-17(15)13-21-10-7-18-16(9-12-25-18)19(21)14-5-3-2-4-6-14/h2-6,8-9,11-12,19H,7,10,13H2,1H3. The minimum Gasteiger partial charge on any atom is -0.467 e. The first kappa shape index (κ1) is 16.1. The van der Waals surface area contributed by atoms with Gasteiger partial charge in [-0.25, -0.2) is 4.79 Å². The molecule has 0 fully saturated rings. The van der Waals surface area contributed by atoms with E-state index in [2.05, 4.69) is 40.6 Å². The molecule has 0 N–H and O–H groups in total. The lowest BCUT2D eigenvalue weighted by atomic mass is 9.93. The number of carbonyl (C=O) groups excluding carboxylic acids is 1. The summed E-state index contributed by atoms with van der Waals surface area (Å²) in [4.78, 5) is 15.8. The molecule has 0 aliphatic carbocycles. The lowest BCUT2D eigenvalue weighted by Gasteiger charge is -2.35. The Kier molecular flexibility index (Phi) is 4.42. The van der Waals surface area contributed by atoms with Gasteiger partial charge in [0.15, 0.2) is 0 Å². The molecule has 1 unspecified atom stereocenters. The van der Waals surface area contributed by atoms with E-state index in [9.17, 15) is 4.79 Å². The van der Waals surface area contributed by atoms with Crippen LogP contribution in [0, 0.1) is 0 Å². The van der Waals surface area contributed by atoms with Gasteiger partial charge in [-0.1, -0.05) is 30.3 Å². The molecule has 0 spiro atoms. The number of nitrogens with zero attached hydrogens (tertiary/aromatic N) is 1. The first-order chi connectivity index (χ1) is 12.3. The molecular formula is C20H19NO3S. The van der Waals surface area contributed by atoms with Crippen molar-refractivity contribution >= 4 is 17.3 Å². The summed E-state index contributed by atoms with van der Waals surface area (Å²) >= 11 is 1.82. The molecular weight excluding hydrogens is 334 g/mol. The van der Waals surface area contributed by atoms with Gasteiger partial charge in [0.1, 0.15) is 11.3 Å². The summed E-state index contributed by atoms with van der Waals surface area (Å²) < 4.78 is 10.5. The molecule has 128 valence electrons. The fourth-order valence-electron chi connectivity index (χ4n) is 3.50. The summed E-state index contributed by atoms with van der Waals surface area (Å²) in [5.74, 6) is 0.305. The topological polar surface area (TPSA) is 42.7 Å². The van der Waals surface area contributed by atoms with Crippen molar-refractivity contribution in [3.8, 4) is 0 Å². The first-order valence-electron chi connectivity index (χ1n) is 8.28. The van der Waals surface area contributed by atoms with E-state index in [0.717, 1.165) is 13.0 Å². The van der Waals surface area contributed by atoms with Gasteiger partial charge in [0.05, 0.1) is 26.0 Å². The van der Waals surface area contributed by atoms with Crippen molar-refractivity contribution in [2.75, 3.05) is 13.7 Å². The van der Waals surface area contributed by atoms with Gasteiger partial charge >= 0.3 is 5.97 Å². The van der Waals surface area contributed by atoms with E-state index in [1.54, 1.807) is 12.3 Å². The predicted octanol–water partition coefficient (Wildman–Crippen LogP) is 4.28. The van der Waals surface area contributed by atoms with E-state index in [1.165, 1.54) is 23.1 Å². The number of hydrogen-bond acceptors (Lipinski definition) is 5. The lowest BCUT2D eigenvalue weighted by Crippen LogP contribution is -2.35. The number of esters is 1. The van der Waals surface area contributed by atoms with E-state index < -0.39 is 0 Å². The summed E-state index contributed by atoms with van der Waals surface area (Å²) in [6, 6.07) is 14.6. The van der Waals surface area contributed by atoms with Crippen molar-refractivity contribution in [3.63, 3.8) is 0 Å². The Balaban J connectivity index is 1.69. The zero-order valence-electron chi connectivity index (χ0n) is 14.0. The van der Waals surface area contributed by atoms with Gasteiger partial charge in [-0.15, -0.1) is 11.3 Å². The highest BCUT2D eigenvalue weighted by molar-refractivity contribution is 7.10. The van der Waals surface area contributed by atoms with Gasteiger partial charge < -0.3 is 9.15 Å². The average Bonchev–Trinajstić information content (AvgIpc) is 3.31. The smallest absolute Gasteiger partial charge is 0.341 e. The molecule has 0 amide bonds. The molecule has 1 aliphatic heterocycles.